The third-order valence-electron chi connectivity index (χ3n) is 2.99. The zero-order valence-corrected chi connectivity index (χ0v) is 11.3. The lowest BCUT2D eigenvalue weighted by Gasteiger charge is -2.19. The van der Waals surface area contributed by atoms with E-state index in [1.54, 1.807) is 37.4 Å². The zero-order chi connectivity index (χ0) is 14.7. The number of nitrogens with zero attached hydrogens (tertiary/aromatic N) is 1. The van der Waals surface area contributed by atoms with Gasteiger partial charge < -0.3 is 15.4 Å². The van der Waals surface area contributed by atoms with E-state index in [0.717, 1.165) is 0 Å². The van der Waals surface area contributed by atoms with Crippen LogP contribution in [0.3, 0.4) is 0 Å². The van der Waals surface area contributed by atoms with Gasteiger partial charge in [0.05, 0.1) is 7.11 Å². The third-order valence-corrected chi connectivity index (χ3v) is 2.99. The number of ether oxygens (including phenoxy) is 1. The summed E-state index contributed by atoms with van der Waals surface area (Å²) in [7, 11) is 2.97. The summed E-state index contributed by atoms with van der Waals surface area (Å²) in [5, 5.41) is 0. The van der Waals surface area contributed by atoms with E-state index >= 15 is 0 Å². The topological polar surface area (TPSA) is 55.6 Å². The van der Waals surface area contributed by atoms with E-state index in [2.05, 4.69) is 0 Å². The number of amides is 1. The molecule has 0 bridgehead atoms. The van der Waals surface area contributed by atoms with Gasteiger partial charge in [-0.1, -0.05) is 6.07 Å². The molecule has 2 aromatic rings. The summed E-state index contributed by atoms with van der Waals surface area (Å²) < 4.78 is 18.9. The minimum Gasteiger partial charge on any atom is -0.496 e. The first-order valence-electron chi connectivity index (χ1n) is 6.00. The lowest BCUT2D eigenvalue weighted by molar-refractivity contribution is 0.0986. The lowest BCUT2D eigenvalue weighted by atomic mass is 10.1. The number of nitrogen functional groups attached to an aromatic ring is 1. The molecule has 2 N–H and O–H groups in total. The molecule has 0 aromatic heterocycles. The number of carbonyl (C=O) groups excluding carboxylic acids is 1. The molecule has 0 spiro atoms. The molecule has 0 heterocycles. The molecule has 20 heavy (non-hydrogen) atoms. The van der Waals surface area contributed by atoms with Crippen LogP contribution in [0.4, 0.5) is 15.8 Å². The Hall–Kier alpha value is -2.56. The summed E-state index contributed by atoms with van der Waals surface area (Å²) in [6.45, 7) is 0. The predicted octanol–water partition coefficient (Wildman–Crippen LogP) is 2.69. The first kappa shape index (κ1) is 13.9. The number of methoxy groups -OCH3 is 1. The van der Waals surface area contributed by atoms with Crippen molar-refractivity contribution in [2.75, 3.05) is 24.8 Å². The molecular formula is C15H15FN2O2. The van der Waals surface area contributed by atoms with Gasteiger partial charge in [0, 0.05) is 18.4 Å². The largest absolute Gasteiger partial charge is 0.496 e. The number of benzene rings is 2. The number of anilines is 2. The Bertz CT molecular complexity index is 626. The summed E-state index contributed by atoms with van der Waals surface area (Å²) in [6.07, 6.45) is 0. The molecule has 0 aliphatic carbocycles. The average Bonchev–Trinajstić information content (AvgIpc) is 2.46. The highest BCUT2D eigenvalue weighted by atomic mass is 19.1. The SMILES string of the molecule is COc1cccc(F)c1C(=O)N(C)c1ccc(N)cc1. The minimum absolute atomic E-state index is 0.0886. The Labute approximate surface area is 116 Å². The van der Waals surface area contributed by atoms with Gasteiger partial charge in [-0.25, -0.2) is 4.39 Å². The van der Waals surface area contributed by atoms with Crippen LogP contribution in [0.1, 0.15) is 10.4 Å². The fourth-order valence-corrected chi connectivity index (χ4v) is 1.86. The molecule has 104 valence electrons. The number of rotatable bonds is 3. The normalized spacial score (nSPS) is 10.2. The molecule has 0 saturated heterocycles. The molecule has 0 aliphatic rings. The van der Waals surface area contributed by atoms with Crippen LogP contribution in [0.15, 0.2) is 42.5 Å². The molecular weight excluding hydrogens is 259 g/mol. The molecule has 5 heteroatoms. The van der Waals surface area contributed by atoms with E-state index in [1.807, 2.05) is 0 Å². The Kier molecular flexibility index (Phi) is 3.89. The van der Waals surface area contributed by atoms with Crippen molar-refractivity contribution in [2.24, 2.45) is 0 Å². The summed E-state index contributed by atoms with van der Waals surface area (Å²) in [6, 6.07) is 11.0. The average molecular weight is 274 g/mol. The molecule has 2 aromatic carbocycles. The number of hydrogen-bond acceptors (Lipinski definition) is 3. The van der Waals surface area contributed by atoms with Crippen molar-refractivity contribution in [2.45, 2.75) is 0 Å². The van der Waals surface area contributed by atoms with Crippen LogP contribution >= 0.6 is 0 Å². The van der Waals surface area contributed by atoms with Crippen molar-refractivity contribution in [3.63, 3.8) is 0 Å². The van der Waals surface area contributed by atoms with Gasteiger partial charge in [-0.15, -0.1) is 0 Å². The van der Waals surface area contributed by atoms with Gasteiger partial charge in [0.2, 0.25) is 0 Å². The zero-order valence-electron chi connectivity index (χ0n) is 11.3. The molecule has 0 fully saturated rings. The molecule has 2 rings (SSSR count). The van der Waals surface area contributed by atoms with Gasteiger partial charge in [0.1, 0.15) is 17.1 Å². The maximum Gasteiger partial charge on any atom is 0.264 e. The van der Waals surface area contributed by atoms with E-state index < -0.39 is 11.7 Å². The Balaban J connectivity index is 2.38. The van der Waals surface area contributed by atoms with Crippen LogP contribution in [0.5, 0.6) is 5.75 Å². The molecule has 0 saturated carbocycles. The number of halogens is 1. The van der Waals surface area contributed by atoms with Crippen molar-refractivity contribution < 1.29 is 13.9 Å². The number of nitrogens with two attached hydrogens (primary N) is 1. The van der Waals surface area contributed by atoms with Crippen molar-refractivity contribution in [1.29, 1.82) is 0 Å². The van der Waals surface area contributed by atoms with E-state index in [-0.39, 0.29) is 11.3 Å². The van der Waals surface area contributed by atoms with Gasteiger partial charge in [0.25, 0.3) is 5.91 Å². The Morgan fingerprint density at radius 1 is 1.20 bits per heavy atom. The molecule has 1 amide bonds. The predicted molar refractivity (Wildman–Crippen MR) is 76.5 cm³/mol. The summed E-state index contributed by atoms with van der Waals surface area (Å²) in [4.78, 5) is 13.8. The van der Waals surface area contributed by atoms with Crippen LogP contribution in [0, 0.1) is 5.82 Å². The number of carbonyl (C=O) groups is 1. The van der Waals surface area contributed by atoms with Crippen molar-refractivity contribution >= 4 is 17.3 Å². The van der Waals surface area contributed by atoms with E-state index in [0.29, 0.717) is 11.4 Å². The van der Waals surface area contributed by atoms with Gasteiger partial charge in [-0.3, -0.25) is 4.79 Å². The quantitative estimate of drug-likeness (QED) is 0.875. The molecule has 0 atom stereocenters. The Morgan fingerprint density at radius 2 is 1.85 bits per heavy atom. The number of hydrogen-bond donors (Lipinski definition) is 1. The Morgan fingerprint density at radius 3 is 2.45 bits per heavy atom. The monoisotopic (exact) mass is 274 g/mol. The second-order valence-electron chi connectivity index (χ2n) is 4.27. The second-order valence-corrected chi connectivity index (χ2v) is 4.27. The van der Waals surface area contributed by atoms with Gasteiger partial charge in [-0.05, 0) is 36.4 Å². The fraction of sp³-hybridized carbons (Fsp3) is 0.133. The van der Waals surface area contributed by atoms with E-state index in [4.69, 9.17) is 10.5 Å². The van der Waals surface area contributed by atoms with Gasteiger partial charge >= 0.3 is 0 Å². The van der Waals surface area contributed by atoms with Crippen LogP contribution in [-0.4, -0.2) is 20.1 Å². The van der Waals surface area contributed by atoms with Crippen LogP contribution in [0.25, 0.3) is 0 Å². The van der Waals surface area contributed by atoms with E-state index in [1.165, 1.54) is 24.1 Å². The first-order chi connectivity index (χ1) is 9.54. The smallest absolute Gasteiger partial charge is 0.264 e. The molecule has 0 unspecified atom stereocenters. The van der Waals surface area contributed by atoms with E-state index in [9.17, 15) is 9.18 Å². The van der Waals surface area contributed by atoms with Crippen molar-refractivity contribution in [3.8, 4) is 5.75 Å². The van der Waals surface area contributed by atoms with Gasteiger partial charge in [-0.2, -0.15) is 0 Å². The summed E-state index contributed by atoms with van der Waals surface area (Å²) in [5.74, 6) is -0.890. The maximum absolute atomic E-state index is 13.9. The summed E-state index contributed by atoms with van der Waals surface area (Å²) in [5.41, 5.74) is 6.73. The molecule has 4 nitrogen and oxygen atoms in total. The standard InChI is InChI=1S/C15H15FN2O2/c1-18(11-8-6-10(17)7-9-11)15(19)14-12(16)4-3-5-13(14)20-2/h3-9H,17H2,1-2H3. The third kappa shape index (κ3) is 2.56. The molecule has 0 radical (unpaired) electrons. The van der Waals surface area contributed by atoms with Crippen molar-refractivity contribution in [1.82, 2.24) is 0 Å². The second kappa shape index (κ2) is 5.61. The first-order valence-corrected chi connectivity index (χ1v) is 6.00. The minimum atomic E-state index is -0.614. The van der Waals surface area contributed by atoms with Gasteiger partial charge in [0.15, 0.2) is 0 Å². The fourth-order valence-electron chi connectivity index (χ4n) is 1.86. The van der Waals surface area contributed by atoms with Crippen LogP contribution < -0.4 is 15.4 Å². The van der Waals surface area contributed by atoms with Crippen LogP contribution in [0.2, 0.25) is 0 Å². The van der Waals surface area contributed by atoms with Crippen molar-refractivity contribution in [3.05, 3.63) is 53.8 Å². The highest BCUT2D eigenvalue weighted by molar-refractivity contribution is 6.07. The lowest BCUT2D eigenvalue weighted by Crippen LogP contribution is -2.27. The highest BCUT2D eigenvalue weighted by Gasteiger charge is 2.21. The van der Waals surface area contributed by atoms with Crippen LogP contribution in [-0.2, 0) is 0 Å². The summed E-state index contributed by atoms with van der Waals surface area (Å²) >= 11 is 0. The molecule has 0 aliphatic heterocycles. The highest BCUT2D eigenvalue weighted by Crippen LogP contribution is 2.25. The maximum atomic E-state index is 13.9.